The molecule has 0 saturated heterocycles. The van der Waals surface area contributed by atoms with Gasteiger partial charge in [0, 0.05) is 17.5 Å². The number of rotatable bonds is 0. The molecule has 2 heterocycles. The van der Waals surface area contributed by atoms with E-state index in [1.165, 1.54) is 0 Å². The van der Waals surface area contributed by atoms with Crippen LogP contribution in [0.15, 0.2) is 46.5 Å². The predicted octanol–water partition coefficient (Wildman–Crippen LogP) is 2.05. The first kappa shape index (κ1) is 9.03. The van der Waals surface area contributed by atoms with Crippen molar-refractivity contribution in [2.75, 3.05) is 5.32 Å². The Bertz CT molecular complexity index is 540. The molecule has 1 atom stereocenters. The molecule has 78 valence electrons. The van der Waals surface area contributed by atoms with Crippen molar-refractivity contribution in [3.05, 3.63) is 42.1 Å². The highest BCUT2D eigenvalue weighted by Crippen LogP contribution is 2.24. The SMILES string of the molecule is N=C1N=CC2C=CNc3ccccc3C2=N1. The van der Waals surface area contributed by atoms with Crippen molar-refractivity contribution in [1.82, 2.24) is 0 Å². The first-order chi connectivity index (χ1) is 7.84. The van der Waals surface area contributed by atoms with Crippen LogP contribution in [0, 0.1) is 11.3 Å². The lowest BCUT2D eigenvalue weighted by Gasteiger charge is -2.14. The Hall–Kier alpha value is -2.23. The summed E-state index contributed by atoms with van der Waals surface area (Å²) in [4.78, 5) is 8.14. The summed E-state index contributed by atoms with van der Waals surface area (Å²) < 4.78 is 0. The third-order valence-electron chi connectivity index (χ3n) is 2.64. The van der Waals surface area contributed by atoms with Crippen LogP contribution < -0.4 is 5.32 Å². The van der Waals surface area contributed by atoms with E-state index in [2.05, 4.69) is 15.3 Å². The topological polar surface area (TPSA) is 60.6 Å². The average Bonchev–Trinajstić information content (AvgIpc) is 2.48. The van der Waals surface area contributed by atoms with Crippen LogP contribution in [0.5, 0.6) is 0 Å². The molecule has 1 unspecified atom stereocenters. The molecule has 0 aromatic heterocycles. The number of fused-ring (bicyclic) bond motifs is 3. The molecule has 4 nitrogen and oxygen atoms in total. The minimum absolute atomic E-state index is 0.0604. The summed E-state index contributed by atoms with van der Waals surface area (Å²) in [6, 6.07) is 7.96. The Balaban J connectivity index is 2.20. The van der Waals surface area contributed by atoms with E-state index < -0.39 is 0 Å². The van der Waals surface area contributed by atoms with Gasteiger partial charge in [-0.05, 0) is 12.3 Å². The van der Waals surface area contributed by atoms with Crippen LogP contribution in [-0.2, 0) is 0 Å². The van der Waals surface area contributed by atoms with E-state index >= 15 is 0 Å². The van der Waals surface area contributed by atoms with Gasteiger partial charge >= 0.3 is 0 Å². The number of benzene rings is 1. The van der Waals surface area contributed by atoms with Gasteiger partial charge < -0.3 is 5.32 Å². The number of anilines is 1. The van der Waals surface area contributed by atoms with Gasteiger partial charge in [-0.15, -0.1) is 0 Å². The Morgan fingerprint density at radius 1 is 1.25 bits per heavy atom. The number of hydrogen-bond acceptors (Lipinski definition) is 2. The number of guanidine groups is 1. The number of para-hydroxylation sites is 1. The van der Waals surface area contributed by atoms with Gasteiger partial charge in [0.2, 0.25) is 5.96 Å². The lowest BCUT2D eigenvalue weighted by molar-refractivity contribution is 1.19. The van der Waals surface area contributed by atoms with Crippen molar-refractivity contribution in [2.24, 2.45) is 15.9 Å². The van der Waals surface area contributed by atoms with Crippen LogP contribution in [-0.4, -0.2) is 17.9 Å². The predicted molar refractivity (Wildman–Crippen MR) is 65.5 cm³/mol. The van der Waals surface area contributed by atoms with E-state index in [1.54, 1.807) is 6.21 Å². The molecule has 4 heteroatoms. The summed E-state index contributed by atoms with van der Waals surface area (Å²) >= 11 is 0. The van der Waals surface area contributed by atoms with Crippen LogP contribution in [0.1, 0.15) is 5.56 Å². The summed E-state index contributed by atoms with van der Waals surface area (Å²) in [6.45, 7) is 0. The molecule has 1 aromatic carbocycles. The molecule has 16 heavy (non-hydrogen) atoms. The third kappa shape index (κ3) is 1.35. The zero-order valence-corrected chi connectivity index (χ0v) is 8.51. The van der Waals surface area contributed by atoms with E-state index in [4.69, 9.17) is 5.41 Å². The second kappa shape index (κ2) is 3.41. The van der Waals surface area contributed by atoms with E-state index in [-0.39, 0.29) is 11.9 Å². The fourth-order valence-corrected chi connectivity index (χ4v) is 1.89. The lowest BCUT2D eigenvalue weighted by Crippen LogP contribution is -2.20. The molecule has 0 bridgehead atoms. The number of nitrogens with zero attached hydrogens (tertiary/aromatic N) is 2. The molecule has 3 rings (SSSR count). The molecule has 2 N–H and O–H groups in total. The van der Waals surface area contributed by atoms with Crippen LogP contribution in [0.3, 0.4) is 0 Å². The second-order valence-electron chi connectivity index (χ2n) is 3.67. The summed E-state index contributed by atoms with van der Waals surface area (Å²) in [7, 11) is 0. The van der Waals surface area contributed by atoms with Crippen LogP contribution in [0.4, 0.5) is 5.69 Å². The van der Waals surface area contributed by atoms with Crippen molar-refractivity contribution in [1.29, 1.82) is 5.41 Å². The van der Waals surface area contributed by atoms with Gasteiger partial charge in [0.25, 0.3) is 0 Å². The summed E-state index contributed by atoms with van der Waals surface area (Å²) in [5.41, 5.74) is 2.94. The van der Waals surface area contributed by atoms with Gasteiger partial charge in [-0.25, -0.2) is 9.98 Å². The van der Waals surface area contributed by atoms with Crippen molar-refractivity contribution >= 4 is 23.6 Å². The molecule has 0 saturated carbocycles. The van der Waals surface area contributed by atoms with Crippen molar-refractivity contribution in [2.45, 2.75) is 0 Å². The largest absolute Gasteiger partial charge is 0.361 e. The second-order valence-corrected chi connectivity index (χ2v) is 3.67. The molecule has 0 amide bonds. The lowest BCUT2D eigenvalue weighted by atomic mass is 9.96. The number of aliphatic imine (C=N–C) groups is 2. The Morgan fingerprint density at radius 2 is 2.12 bits per heavy atom. The average molecular weight is 210 g/mol. The molecule has 1 aromatic rings. The summed E-state index contributed by atoms with van der Waals surface area (Å²) in [6.07, 6.45) is 5.65. The molecular weight excluding hydrogens is 200 g/mol. The third-order valence-corrected chi connectivity index (χ3v) is 2.64. The Labute approximate surface area is 92.9 Å². The normalized spacial score (nSPS) is 21.6. The molecule has 0 radical (unpaired) electrons. The highest BCUT2D eigenvalue weighted by atomic mass is 15.0. The first-order valence-corrected chi connectivity index (χ1v) is 5.08. The highest BCUT2D eigenvalue weighted by molar-refractivity contribution is 6.21. The Morgan fingerprint density at radius 3 is 3.06 bits per heavy atom. The van der Waals surface area contributed by atoms with Crippen molar-refractivity contribution in [3.8, 4) is 0 Å². The summed E-state index contributed by atoms with van der Waals surface area (Å²) in [5.74, 6) is 0.126. The van der Waals surface area contributed by atoms with E-state index in [0.29, 0.717) is 0 Å². The molecule has 0 fully saturated rings. The van der Waals surface area contributed by atoms with Crippen LogP contribution >= 0.6 is 0 Å². The number of nitrogens with one attached hydrogen (secondary N) is 2. The quantitative estimate of drug-likeness (QED) is 0.676. The number of hydrogen-bond donors (Lipinski definition) is 2. The van der Waals surface area contributed by atoms with Crippen LogP contribution in [0.25, 0.3) is 0 Å². The van der Waals surface area contributed by atoms with Gasteiger partial charge in [-0.2, -0.15) is 0 Å². The van der Waals surface area contributed by atoms with Crippen molar-refractivity contribution < 1.29 is 0 Å². The molecular formula is C12H10N4. The van der Waals surface area contributed by atoms with Gasteiger partial charge in [-0.1, -0.05) is 24.3 Å². The van der Waals surface area contributed by atoms with E-state index in [0.717, 1.165) is 17.0 Å². The van der Waals surface area contributed by atoms with Gasteiger partial charge in [0.05, 0.1) is 11.6 Å². The van der Waals surface area contributed by atoms with Gasteiger partial charge in [0.1, 0.15) is 0 Å². The molecule has 2 aliphatic rings. The standard InChI is InChI=1S/C12H10N4/c13-12-15-7-8-5-6-14-10-4-2-1-3-9(10)11(8)16-12/h1-8,13-14H. The van der Waals surface area contributed by atoms with Crippen LogP contribution in [0.2, 0.25) is 0 Å². The Kier molecular flexibility index (Phi) is 1.93. The van der Waals surface area contributed by atoms with E-state index in [9.17, 15) is 0 Å². The highest BCUT2D eigenvalue weighted by Gasteiger charge is 2.21. The smallest absolute Gasteiger partial charge is 0.241 e. The van der Waals surface area contributed by atoms with Gasteiger partial charge in [-0.3, -0.25) is 5.41 Å². The molecule has 0 aliphatic carbocycles. The molecule has 0 spiro atoms. The zero-order valence-electron chi connectivity index (χ0n) is 8.51. The van der Waals surface area contributed by atoms with E-state index in [1.807, 2.05) is 36.5 Å². The zero-order chi connectivity index (χ0) is 11.0. The monoisotopic (exact) mass is 210 g/mol. The number of allylic oxidation sites excluding steroid dienone is 1. The maximum Gasteiger partial charge on any atom is 0.241 e. The summed E-state index contributed by atoms with van der Waals surface area (Å²) in [5, 5.41) is 10.7. The first-order valence-electron chi connectivity index (χ1n) is 5.08. The minimum atomic E-state index is 0.0604. The minimum Gasteiger partial charge on any atom is -0.361 e. The fourth-order valence-electron chi connectivity index (χ4n) is 1.89. The maximum absolute atomic E-state index is 7.49. The maximum atomic E-state index is 7.49. The van der Waals surface area contributed by atoms with Crippen molar-refractivity contribution in [3.63, 3.8) is 0 Å². The molecule has 2 aliphatic heterocycles. The van der Waals surface area contributed by atoms with Gasteiger partial charge in [0.15, 0.2) is 0 Å². The fraction of sp³-hybridized carbons (Fsp3) is 0.0833.